The van der Waals surface area contributed by atoms with Gasteiger partial charge < -0.3 is 20.9 Å². The molecule has 0 unspecified atom stereocenters. The number of guanidine groups is 1. The van der Waals surface area contributed by atoms with E-state index in [0.717, 1.165) is 50.5 Å². The van der Waals surface area contributed by atoms with Crippen LogP contribution in [0, 0.1) is 0 Å². The second-order valence-corrected chi connectivity index (χ2v) is 6.72. The van der Waals surface area contributed by atoms with Crippen LogP contribution < -0.4 is 20.9 Å². The van der Waals surface area contributed by atoms with Crippen LogP contribution in [0.25, 0.3) is 0 Å². The smallest absolute Gasteiger partial charge is 0.251 e. The van der Waals surface area contributed by atoms with Gasteiger partial charge in [-0.25, -0.2) is 0 Å². The number of rotatable bonds is 10. The first-order valence-corrected chi connectivity index (χ1v) is 10.2. The van der Waals surface area contributed by atoms with Gasteiger partial charge in [-0.3, -0.25) is 9.79 Å². The Morgan fingerprint density at radius 2 is 1.79 bits per heavy atom. The Morgan fingerprint density at radius 3 is 2.48 bits per heavy atom. The molecule has 0 aromatic heterocycles. The van der Waals surface area contributed by atoms with E-state index < -0.39 is 0 Å². The molecular formula is C23H33N5O. The van der Waals surface area contributed by atoms with Crippen molar-refractivity contribution in [2.75, 3.05) is 45.2 Å². The molecule has 0 aliphatic carbocycles. The number of aliphatic imine (C=N–C) groups is 1. The maximum atomic E-state index is 11.7. The molecule has 0 saturated carbocycles. The lowest BCUT2D eigenvalue weighted by Gasteiger charge is -2.23. The zero-order valence-electron chi connectivity index (χ0n) is 17.7. The van der Waals surface area contributed by atoms with Crippen molar-refractivity contribution in [3.05, 3.63) is 65.7 Å². The van der Waals surface area contributed by atoms with Gasteiger partial charge in [-0.05, 0) is 49.6 Å². The second-order valence-electron chi connectivity index (χ2n) is 6.72. The summed E-state index contributed by atoms with van der Waals surface area (Å²) in [5.41, 5.74) is 3.07. The van der Waals surface area contributed by atoms with Crippen molar-refractivity contribution in [1.29, 1.82) is 0 Å². The summed E-state index contributed by atoms with van der Waals surface area (Å²) in [6, 6.07) is 18.2. The first kappa shape index (κ1) is 22.3. The number of para-hydroxylation sites is 1. The molecule has 0 bridgehead atoms. The Balaban J connectivity index is 1.71. The van der Waals surface area contributed by atoms with E-state index in [-0.39, 0.29) is 5.91 Å². The highest BCUT2D eigenvalue weighted by atomic mass is 16.1. The maximum Gasteiger partial charge on any atom is 0.251 e. The topological polar surface area (TPSA) is 68.8 Å². The normalized spacial score (nSPS) is 11.1. The van der Waals surface area contributed by atoms with Gasteiger partial charge in [0.15, 0.2) is 5.96 Å². The molecule has 1 amide bonds. The number of nitrogens with one attached hydrogen (secondary N) is 3. The van der Waals surface area contributed by atoms with Crippen molar-refractivity contribution in [2.45, 2.75) is 19.8 Å². The highest BCUT2D eigenvalue weighted by Crippen LogP contribution is 2.12. The first-order valence-electron chi connectivity index (χ1n) is 10.2. The fourth-order valence-electron chi connectivity index (χ4n) is 3.14. The van der Waals surface area contributed by atoms with Crippen LogP contribution in [0.15, 0.2) is 59.6 Å². The minimum atomic E-state index is -0.0612. The van der Waals surface area contributed by atoms with Crippen LogP contribution in [-0.4, -0.2) is 52.1 Å². The number of nitrogens with zero attached hydrogens (tertiary/aromatic N) is 2. The molecule has 0 atom stereocenters. The Bertz CT molecular complexity index is 776. The lowest BCUT2D eigenvalue weighted by Crippen LogP contribution is -2.39. The summed E-state index contributed by atoms with van der Waals surface area (Å²) in [5.74, 6) is 0.740. The molecule has 0 aliphatic heterocycles. The summed E-state index contributed by atoms with van der Waals surface area (Å²) < 4.78 is 0. The van der Waals surface area contributed by atoms with Crippen molar-refractivity contribution in [2.24, 2.45) is 4.99 Å². The molecule has 0 spiro atoms. The third kappa shape index (κ3) is 7.49. The summed E-state index contributed by atoms with van der Waals surface area (Å²) in [7, 11) is 3.43. The summed E-state index contributed by atoms with van der Waals surface area (Å²) in [6.07, 6.45) is 1.85. The molecule has 2 aromatic carbocycles. The minimum absolute atomic E-state index is 0.0612. The van der Waals surface area contributed by atoms with Gasteiger partial charge in [0.25, 0.3) is 5.91 Å². The lowest BCUT2D eigenvalue weighted by molar-refractivity contribution is 0.0963. The number of hydrogen-bond donors (Lipinski definition) is 3. The van der Waals surface area contributed by atoms with Gasteiger partial charge in [0.05, 0.1) is 0 Å². The van der Waals surface area contributed by atoms with E-state index in [1.165, 1.54) is 5.69 Å². The van der Waals surface area contributed by atoms with E-state index in [1.54, 1.807) is 14.1 Å². The van der Waals surface area contributed by atoms with Gasteiger partial charge in [0.1, 0.15) is 0 Å². The van der Waals surface area contributed by atoms with Gasteiger partial charge in [0, 0.05) is 51.5 Å². The van der Waals surface area contributed by atoms with Crippen molar-refractivity contribution in [3.63, 3.8) is 0 Å². The number of carbonyl (C=O) groups excluding carboxylic acids is 1. The molecule has 3 N–H and O–H groups in total. The first-order chi connectivity index (χ1) is 14.2. The van der Waals surface area contributed by atoms with Gasteiger partial charge in [-0.2, -0.15) is 0 Å². The molecular weight excluding hydrogens is 362 g/mol. The quantitative estimate of drug-likeness (QED) is 0.329. The van der Waals surface area contributed by atoms with E-state index in [1.807, 2.05) is 30.3 Å². The summed E-state index contributed by atoms with van der Waals surface area (Å²) in [4.78, 5) is 18.4. The van der Waals surface area contributed by atoms with Crippen LogP contribution in [0.5, 0.6) is 0 Å². The third-order valence-corrected chi connectivity index (χ3v) is 4.75. The van der Waals surface area contributed by atoms with Crippen molar-refractivity contribution < 1.29 is 4.79 Å². The van der Waals surface area contributed by atoms with Gasteiger partial charge in [-0.1, -0.05) is 30.3 Å². The van der Waals surface area contributed by atoms with E-state index >= 15 is 0 Å². The van der Waals surface area contributed by atoms with E-state index in [4.69, 9.17) is 0 Å². The lowest BCUT2D eigenvalue weighted by atomic mass is 10.1. The second kappa shape index (κ2) is 12.4. The average molecular weight is 396 g/mol. The van der Waals surface area contributed by atoms with Crippen molar-refractivity contribution in [3.8, 4) is 0 Å². The molecule has 0 saturated heterocycles. The Labute approximate surface area is 174 Å². The predicted octanol–water partition coefficient (Wildman–Crippen LogP) is 2.67. The Morgan fingerprint density at radius 1 is 1.03 bits per heavy atom. The maximum absolute atomic E-state index is 11.7. The van der Waals surface area contributed by atoms with Crippen molar-refractivity contribution in [1.82, 2.24) is 16.0 Å². The Kier molecular flexibility index (Phi) is 9.55. The number of amides is 1. The number of carbonyl (C=O) groups is 1. The van der Waals surface area contributed by atoms with E-state index in [2.05, 4.69) is 57.0 Å². The predicted molar refractivity (Wildman–Crippen MR) is 122 cm³/mol. The zero-order valence-corrected chi connectivity index (χ0v) is 17.7. The molecule has 0 heterocycles. The van der Waals surface area contributed by atoms with Crippen molar-refractivity contribution >= 4 is 17.6 Å². The van der Waals surface area contributed by atoms with Crippen LogP contribution in [-0.2, 0) is 6.42 Å². The Hall–Kier alpha value is -3.02. The zero-order chi connectivity index (χ0) is 20.9. The fourth-order valence-corrected chi connectivity index (χ4v) is 3.14. The third-order valence-electron chi connectivity index (χ3n) is 4.75. The number of hydrogen-bond acceptors (Lipinski definition) is 3. The van der Waals surface area contributed by atoms with Gasteiger partial charge in [0.2, 0.25) is 0 Å². The molecule has 2 rings (SSSR count). The summed E-state index contributed by atoms with van der Waals surface area (Å²) in [6.45, 7) is 5.78. The summed E-state index contributed by atoms with van der Waals surface area (Å²) in [5, 5.41) is 9.37. The van der Waals surface area contributed by atoms with Crippen LogP contribution in [0.4, 0.5) is 5.69 Å². The molecule has 6 heteroatoms. The number of anilines is 1. The highest BCUT2D eigenvalue weighted by molar-refractivity contribution is 5.94. The van der Waals surface area contributed by atoms with E-state index in [9.17, 15) is 4.79 Å². The van der Waals surface area contributed by atoms with Crippen LogP contribution in [0.1, 0.15) is 29.3 Å². The molecule has 0 radical (unpaired) electrons. The van der Waals surface area contributed by atoms with E-state index in [0.29, 0.717) is 5.56 Å². The van der Waals surface area contributed by atoms with Gasteiger partial charge in [-0.15, -0.1) is 0 Å². The SMILES string of the molecule is CCN(CCCNC(=NC)NCCc1cccc(C(=O)NC)c1)c1ccccc1. The molecule has 0 fully saturated rings. The fraction of sp³-hybridized carbons (Fsp3) is 0.391. The standard InChI is InChI=1S/C23H33N5O/c1-4-28(21-12-6-5-7-13-21)17-9-15-26-23(25-3)27-16-14-19-10-8-11-20(18-19)22(29)24-2/h5-8,10-13,18H,4,9,14-17H2,1-3H3,(H,24,29)(H2,25,26,27). The average Bonchev–Trinajstić information content (AvgIpc) is 2.78. The molecule has 2 aromatic rings. The van der Waals surface area contributed by atoms with Crippen LogP contribution in [0.2, 0.25) is 0 Å². The molecule has 0 aliphatic rings. The van der Waals surface area contributed by atoms with Gasteiger partial charge >= 0.3 is 0 Å². The molecule has 156 valence electrons. The molecule has 6 nitrogen and oxygen atoms in total. The van der Waals surface area contributed by atoms with Crippen LogP contribution in [0.3, 0.4) is 0 Å². The minimum Gasteiger partial charge on any atom is -0.372 e. The monoisotopic (exact) mass is 395 g/mol. The summed E-state index contributed by atoms with van der Waals surface area (Å²) >= 11 is 0. The number of benzene rings is 2. The van der Waals surface area contributed by atoms with Crippen LogP contribution >= 0.6 is 0 Å². The highest BCUT2D eigenvalue weighted by Gasteiger charge is 2.05. The largest absolute Gasteiger partial charge is 0.372 e. The molecule has 29 heavy (non-hydrogen) atoms.